The summed E-state index contributed by atoms with van der Waals surface area (Å²) in [5.41, 5.74) is 0.491. The second-order valence-corrected chi connectivity index (χ2v) is 5.16. The highest BCUT2D eigenvalue weighted by Crippen LogP contribution is 2.26. The van der Waals surface area contributed by atoms with Gasteiger partial charge in [-0.15, -0.1) is 0 Å². The molecule has 1 aromatic carbocycles. The van der Waals surface area contributed by atoms with Crippen molar-refractivity contribution in [3.63, 3.8) is 0 Å². The Morgan fingerprint density at radius 2 is 1.90 bits per heavy atom. The van der Waals surface area contributed by atoms with Crippen molar-refractivity contribution in [3.8, 4) is 5.75 Å². The first-order valence-electron chi connectivity index (χ1n) is 7.06. The van der Waals surface area contributed by atoms with E-state index in [2.05, 4.69) is 5.32 Å². The molecule has 1 amide bonds. The number of carboxylic acids is 1. The Hall–Kier alpha value is -2.04. The second kappa shape index (κ2) is 7.11. The molecule has 0 aromatic heterocycles. The molecule has 21 heavy (non-hydrogen) atoms. The van der Waals surface area contributed by atoms with E-state index in [4.69, 9.17) is 4.74 Å². The van der Waals surface area contributed by atoms with E-state index in [0.29, 0.717) is 24.2 Å². The van der Waals surface area contributed by atoms with E-state index in [1.165, 1.54) is 0 Å². The quantitative estimate of drug-likeness (QED) is 0.810. The first-order chi connectivity index (χ1) is 9.90. The Morgan fingerprint density at radius 3 is 2.38 bits per heavy atom. The van der Waals surface area contributed by atoms with Gasteiger partial charge in [0.2, 0.25) is 0 Å². The van der Waals surface area contributed by atoms with Crippen molar-refractivity contribution in [1.82, 2.24) is 5.32 Å². The van der Waals surface area contributed by atoms with Crippen molar-refractivity contribution in [2.45, 2.75) is 33.6 Å². The standard InChI is InChI=1S/C16H23NO4/c1-5-16(6-2,15(19)20)10-17-14(18)12-8-7-11(3)13(9-12)21-4/h7-9H,5-6,10H2,1-4H3,(H,17,18)(H,19,20). The number of hydrogen-bond acceptors (Lipinski definition) is 3. The third-order valence-corrected chi connectivity index (χ3v) is 4.06. The number of aliphatic carboxylic acids is 1. The molecular formula is C16H23NO4. The Morgan fingerprint density at radius 1 is 1.29 bits per heavy atom. The molecule has 0 radical (unpaired) electrons. The highest BCUT2D eigenvalue weighted by molar-refractivity contribution is 5.95. The van der Waals surface area contributed by atoms with Crippen molar-refractivity contribution in [2.24, 2.45) is 5.41 Å². The van der Waals surface area contributed by atoms with E-state index in [9.17, 15) is 14.7 Å². The summed E-state index contributed by atoms with van der Waals surface area (Å²) in [6, 6.07) is 5.16. The highest BCUT2D eigenvalue weighted by atomic mass is 16.5. The summed E-state index contributed by atoms with van der Waals surface area (Å²) in [6.07, 6.45) is 0.937. The lowest BCUT2D eigenvalue weighted by Crippen LogP contribution is -2.42. The maximum Gasteiger partial charge on any atom is 0.311 e. The summed E-state index contributed by atoms with van der Waals surface area (Å²) < 4.78 is 5.19. The summed E-state index contributed by atoms with van der Waals surface area (Å²) in [7, 11) is 1.55. The van der Waals surface area contributed by atoms with Crippen LogP contribution in [-0.4, -0.2) is 30.6 Å². The molecule has 1 rings (SSSR count). The van der Waals surface area contributed by atoms with Gasteiger partial charge >= 0.3 is 5.97 Å². The fourth-order valence-electron chi connectivity index (χ4n) is 2.19. The van der Waals surface area contributed by atoms with Gasteiger partial charge in [-0.25, -0.2) is 0 Å². The number of carboxylic acid groups (broad SMARTS) is 1. The minimum absolute atomic E-state index is 0.115. The highest BCUT2D eigenvalue weighted by Gasteiger charge is 2.35. The van der Waals surface area contributed by atoms with Gasteiger partial charge in [0.15, 0.2) is 0 Å². The topological polar surface area (TPSA) is 75.6 Å². The Labute approximate surface area is 125 Å². The largest absolute Gasteiger partial charge is 0.496 e. The maximum absolute atomic E-state index is 12.2. The zero-order valence-electron chi connectivity index (χ0n) is 13.0. The molecular weight excluding hydrogens is 270 g/mol. The number of hydrogen-bond donors (Lipinski definition) is 2. The van der Waals surface area contributed by atoms with Crippen molar-refractivity contribution in [3.05, 3.63) is 29.3 Å². The maximum atomic E-state index is 12.2. The van der Waals surface area contributed by atoms with E-state index in [1.54, 1.807) is 25.3 Å². The summed E-state index contributed by atoms with van der Waals surface area (Å²) in [5, 5.41) is 12.1. The van der Waals surface area contributed by atoms with Gasteiger partial charge in [0.25, 0.3) is 5.91 Å². The van der Waals surface area contributed by atoms with E-state index in [-0.39, 0.29) is 12.5 Å². The van der Waals surface area contributed by atoms with Crippen LogP contribution in [0.1, 0.15) is 42.6 Å². The molecule has 0 aliphatic carbocycles. The molecule has 1 aromatic rings. The monoisotopic (exact) mass is 293 g/mol. The number of amides is 1. The summed E-state index contributed by atoms with van der Waals surface area (Å²) in [6.45, 7) is 5.64. The zero-order valence-corrected chi connectivity index (χ0v) is 13.0. The van der Waals surface area contributed by atoms with Crippen LogP contribution >= 0.6 is 0 Å². The molecule has 2 N–H and O–H groups in total. The van der Waals surface area contributed by atoms with Gasteiger partial charge in [-0.1, -0.05) is 19.9 Å². The third kappa shape index (κ3) is 3.74. The SMILES string of the molecule is CCC(CC)(CNC(=O)c1ccc(C)c(OC)c1)C(=O)O. The molecule has 0 bridgehead atoms. The van der Waals surface area contributed by atoms with Gasteiger partial charge in [-0.3, -0.25) is 9.59 Å². The minimum atomic E-state index is -0.912. The van der Waals surface area contributed by atoms with Crippen molar-refractivity contribution >= 4 is 11.9 Å². The van der Waals surface area contributed by atoms with Gasteiger partial charge in [0.1, 0.15) is 5.75 Å². The van der Waals surface area contributed by atoms with Gasteiger partial charge in [-0.2, -0.15) is 0 Å². The third-order valence-electron chi connectivity index (χ3n) is 4.06. The average Bonchev–Trinajstić information content (AvgIpc) is 2.48. The van der Waals surface area contributed by atoms with E-state index < -0.39 is 11.4 Å². The number of rotatable bonds is 7. The molecule has 116 valence electrons. The van der Waals surface area contributed by atoms with E-state index in [1.807, 2.05) is 20.8 Å². The number of methoxy groups -OCH3 is 1. The molecule has 0 fully saturated rings. The van der Waals surface area contributed by atoms with Crippen LogP contribution in [0.2, 0.25) is 0 Å². The summed E-state index contributed by atoms with van der Waals surface area (Å²) in [5.74, 6) is -0.534. The fraction of sp³-hybridized carbons (Fsp3) is 0.500. The lowest BCUT2D eigenvalue weighted by molar-refractivity contribution is -0.149. The molecule has 0 saturated carbocycles. The van der Waals surface area contributed by atoms with Crippen LogP contribution in [0.5, 0.6) is 5.75 Å². The Kier molecular flexibility index (Phi) is 5.76. The predicted molar refractivity (Wildman–Crippen MR) is 80.7 cm³/mol. The van der Waals surface area contributed by atoms with Gasteiger partial charge in [-0.05, 0) is 37.5 Å². The van der Waals surface area contributed by atoms with Crippen molar-refractivity contribution < 1.29 is 19.4 Å². The molecule has 0 atom stereocenters. The predicted octanol–water partition coefficient (Wildman–Crippen LogP) is 2.62. The number of aryl methyl sites for hydroxylation is 1. The minimum Gasteiger partial charge on any atom is -0.496 e. The van der Waals surface area contributed by atoms with Crippen LogP contribution < -0.4 is 10.1 Å². The number of ether oxygens (including phenoxy) is 1. The lowest BCUT2D eigenvalue weighted by Gasteiger charge is -2.26. The van der Waals surface area contributed by atoms with Crippen LogP contribution in [0, 0.1) is 12.3 Å². The summed E-state index contributed by atoms with van der Waals surface area (Å²) in [4.78, 5) is 23.6. The first kappa shape index (κ1) is 17.0. The van der Waals surface area contributed by atoms with Crippen LogP contribution in [0.25, 0.3) is 0 Å². The van der Waals surface area contributed by atoms with Crippen LogP contribution in [-0.2, 0) is 4.79 Å². The smallest absolute Gasteiger partial charge is 0.311 e. The number of benzene rings is 1. The molecule has 5 heteroatoms. The molecule has 0 spiro atoms. The molecule has 0 aliphatic heterocycles. The first-order valence-corrected chi connectivity index (χ1v) is 7.06. The van der Waals surface area contributed by atoms with Gasteiger partial charge < -0.3 is 15.2 Å². The van der Waals surface area contributed by atoms with E-state index in [0.717, 1.165) is 5.56 Å². The van der Waals surface area contributed by atoms with Crippen molar-refractivity contribution in [1.29, 1.82) is 0 Å². The number of nitrogens with one attached hydrogen (secondary N) is 1. The van der Waals surface area contributed by atoms with Gasteiger partial charge in [0.05, 0.1) is 12.5 Å². The normalized spacial score (nSPS) is 11.0. The Bertz CT molecular complexity index is 521. The lowest BCUT2D eigenvalue weighted by atomic mass is 9.82. The molecule has 0 heterocycles. The fourth-order valence-corrected chi connectivity index (χ4v) is 2.19. The Balaban J connectivity index is 2.84. The number of carbonyl (C=O) groups excluding carboxylic acids is 1. The number of carbonyl (C=O) groups is 2. The molecule has 0 unspecified atom stereocenters. The molecule has 5 nitrogen and oxygen atoms in total. The average molecular weight is 293 g/mol. The second-order valence-electron chi connectivity index (χ2n) is 5.16. The van der Waals surface area contributed by atoms with E-state index >= 15 is 0 Å². The van der Waals surface area contributed by atoms with Crippen LogP contribution in [0.4, 0.5) is 0 Å². The van der Waals surface area contributed by atoms with Gasteiger partial charge in [0, 0.05) is 12.1 Å². The van der Waals surface area contributed by atoms with Crippen LogP contribution in [0.3, 0.4) is 0 Å². The molecule has 0 aliphatic rings. The molecule has 0 saturated heterocycles. The zero-order chi connectivity index (χ0) is 16.0. The summed E-state index contributed by atoms with van der Waals surface area (Å²) >= 11 is 0. The van der Waals surface area contributed by atoms with Crippen molar-refractivity contribution in [2.75, 3.05) is 13.7 Å². The van der Waals surface area contributed by atoms with Crippen LogP contribution in [0.15, 0.2) is 18.2 Å².